The van der Waals surface area contributed by atoms with Gasteiger partial charge >= 0.3 is 0 Å². The third-order valence-corrected chi connectivity index (χ3v) is 3.96. The van der Waals surface area contributed by atoms with E-state index in [0.29, 0.717) is 18.0 Å². The maximum atomic E-state index is 12.5. The third-order valence-electron chi connectivity index (χ3n) is 3.96. The van der Waals surface area contributed by atoms with Crippen LogP contribution >= 0.6 is 0 Å². The summed E-state index contributed by atoms with van der Waals surface area (Å²) in [5.41, 5.74) is 1.70. The van der Waals surface area contributed by atoms with Crippen LogP contribution in [0.2, 0.25) is 0 Å². The number of amides is 2. The smallest absolute Gasteiger partial charge is 0.242 e. The average molecular weight is 341 g/mol. The first-order valence-corrected chi connectivity index (χ1v) is 8.07. The largest absolute Gasteiger partial charge is 0.495 e. The van der Waals surface area contributed by atoms with Crippen LogP contribution in [0, 0.1) is 0 Å². The van der Waals surface area contributed by atoms with E-state index >= 15 is 0 Å². The second-order valence-corrected chi connectivity index (χ2v) is 5.70. The highest BCUT2D eigenvalue weighted by Crippen LogP contribution is 2.27. The molecule has 1 aromatic carbocycles. The lowest BCUT2D eigenvalue weighted by atomic mass is 10.2. The fourth-order valence-corrected chi connectivity index (χ4v) is 2.45. The molecule has 1 heterocycles. The van der Waals surface area contributed by atoms with Gasteiger partial charge < -0.3 is 9.64 Å². The van der Waals surface area contributed by atoms with Crippen LogP contribution < -0.4 is 9.64 Å². The summed E-state index contributed by atoms with van der Waals surface area (Å²) in [7, 11) is 3.28. The molecule has 0 atom stereocenters. The molecule has 132 valence electrons. The van der Waals surface area contributed by atoms with Crippen molar-refractivity contribution in [1.82, 2.24) is 9.88 Å². The molecular weight excluding hydrogens is 318 g/mol. The number of ether oxygens (including phenoxy) is 1. The number of nitrogens with zero attached hydrogens (tertiary/aromatic N) is 3. The van der Waals surface area contributed by atoms with Crippen molar-refractivity contribution in [3.05, 3.63) is 54.4 Å². The van der Waals surface area contributed by atoms with Crippen LogP contribution in [0.1, 0.15) is 12.5 Å². The van der Waals surface area contributed by atoms with Crippen LogP contribution in [0.25, 0.3) is 0 Å². The van der Waals surface area contributed by atoms with Crippen molar-refractivity contribution in [1.29, 1.82) is 0 Å². The van der Waals surface area contributed by atoms with Gasteiger partial charge in [0.1, 0.15) is 12.3 Å². The number of rotatable bonds is 7. The standard InChI is InChI=1S/C19H23N3O3/c1-15(23)22(17-6-4-5-7-18(17)25-3)14-19(24)21(2)13-10-16-8-11-20-12-9-16/h4-9,11-12H,10,13-14H2,1-3H3. The molecular formula is C19H23N3O3. The van der Waals surface area contributed by atoms with Gasteiger partial charge in [-0.25, -0.2) is 0 Å². The number of hydrogen-bond donors (Lipinski definition) is 0. The predicted octanol–water partition coefficient (Wildman–Crippen LogP) is 2.14. The van der Waals surface area contributed by atoms with Gasteiger partial charge in [0.15, 0.2) is 0 Å². The van der Waals surface area contributed by atoms with E-state index in [9.17, 15) is 9.59 Å². The molecule has 0 fully saturated rings. The lowest BCUT2D eigenvalue weighted by Crippen LogP contribution is -2.41. The lowest BCUT2D eigenvalue weighted by Gasteiger charge is -2.25. The van der Waals surface area contributed by atoms with Gasteiger partial charge in [0.2, 0.25) is 11.8 Å². The molecule has 0 aliphatic heterocycles. The molecule has 6 heteroatoms. The van der Waals surface area contributed by atoms with Crippen molar-refractivity contribution in [3.8, 4) is 5.75 Å². The molecule has 0 aliphatic carbocycles. The Morgan fingerprint density at radius 2 is 1.80 bits per heavy atom. The molecule has 6 nitrogen and oxygen atoms in total. The highest BCUT2D eigenvalue weighted by Gasteiger charge is 2.21. The van der Waals surface area contributed by atoms with Crippen LogP contribution in [0.3, 0.4) is 0 Å². The van der Waals surface area contributed by atoms with Crippen LogP contribution in [0.5, 0.6) is 5.75 Å². The zero-order valence-corrected chi connectivity index (χ0v) is 14.8. The number of hydrogen-bond acceptors (Lipinski definition) is 4. The summed E-state index contributed by atoms with van der Waals surface area (Å²) >= 11 is 0. The van der Waals surface area contributed by atoms with Gasteiger partial charge in [-0.1, -0.05) is 12.1 Å². The zero-order chi connectivity index (χ0) is 18.2. The average Bonchev–Trinajstić information content (AvgIpc) is 2.64. The summed E-state index contributed by atoms with van der Waals surface area (Å²) in [5, 5.41) is 0. The molecule has 0 unspecified atom stereocenters. The van der Waals surface area contributed by atoms with Crippen molar-refractivity contribution in [2.45, 2.75) is 13.3 Å². The Morgan fingerprint density at radius 1 is 1.12 bits per heavy atom. The van der Waals surface area contributed by atoms with Crippen LogP contribution in [0.4, 0.5) is 5.69 Å². The van der Waals surface area contributed by atoms with E-state index in [1.165, 1.54) is 11.8 Å². The minimum absolute atomic E-state index is 0.0252. The van der Waals surface area contributed by atoms with Crippen LogP contribution in [-0.2, 0) is 16.0 Å². The number of methoxy groups -OCH3 is 1. The highest BCUT2D eigenvalue weighted by molar-refractivity contribution is 5.98. The van der Waals surface area contributed by atoms with E-state index in [0.717, 1.165) is 12.0 Å². The van der Waals surface area contributed by atoms with E-state index in [1.807, 2.05) is 24.3 Å². The summed E-state index contributed by atoms with van der Waals surface area (Å²) in [5.74, 6) is 0.223. The van der Waals surface area contributed by atoms with Gasteiger partial charge in [0, 0.05) is 32.9 Å². The van der Waals surface area contributed by atoms with E-state index in [-0.39, 0.29) is 18.4 Å². The van der Waals surface area contributed by atoms with Gasteiger partial charge in [0.05, 0.1) is 12.8 Å². The van der Waals surface area contributed by atoms with Crippen LogP contribution in [0.15, 0.2) is 48.8 Å². The van der Waals surface area contributed by atoms with E-state index in [4.69, 9.17) is 4.74 Å². The first-order valence-electron chi connectivity index (χ1n) is 8.07. The predicted molar refractivity (Wildman–Crippen MR) is 96.6 cm³/mol. The molecule has 0 saturated heterocycles. The normalized spacial score (nSPS) is 10.2. The SMILES string of the molecule is COc1ccccc1N(CC(=O)N(C)CCc1ccncc1)C(C)=O. The van der Waals surface area contributed by atoms with Gasteiger partial charge in [-0.3, -0.25) is 19.5 Å². The molecule has 2 rings (SSSR count). The summed E-state index contributed by atoms with van der Waals surface area (Å²) in [6, 6.07) is 11.0. The van der Waals surface area contributed by atoms with Crippen molar-refractivity contribution in [3.63, 3.8) is 0 Å². The maximum Gasteiger partial charge on any atom is 0.242 e. The molecule has 2 aromatic rings. The first kappa shape index (κ1) is 18.4. The Labute approximate surface area is 148 Å². The van der Waals surface area contributed by atoms with E-state index in [2.05, 4.69) is 4.98 Å². The first-order chi connectivity index (χ1) is 12.0. The van der Waals surface area contributed by atoms with Gasteiger partial charge in [-0.05, 0) is 36.2 Å². The Balaban J connectivity index is 2.03. The number of benzene rings is 1. The summed E-state index contributed by atoms with van der Waals surface area (Å²) in [6.07, 6.45) is 4.20. The summed E-state index contributed by atoms with van der Waals surface area (Å²) < 4.78 is 5.30. The van der Waals surface area contributed by atoms with Crippen molar-refractivity contribution in [2.24, 2.45) is 0 Å². The molecule has 0 aliphatic rings. The number of carbonyl (C=O) groups is 2. The van der Waals surface area contributed by atoms with Crippen molar-refractivity contribution >= 4 is 17.5 Å². The molecule has 1 aromatic heterocycles. The topological polar surface area (TPSA) is 62.7 Å². The molecule has 0 bridgehead atoms. The van der Waals surface area contributed by atoms with Gasteiger partial charge in [0.25, 0.3) is 0 Å². The Kier molecular flexibility index (Phi) is 6.51. The minimum atomic E-state index is -0.208. The minimum Gasteiger partial charge on any atom is -0.495 e. The lowest BCUT2D eigenvalue weighted by molar-refractivity contribution is -0.130. The Bertz CT molecular complexity index is 719. The number of aromatic nitrogens is 1. The fraction of sp³-hybridized carbons (Fsp3) is 0.316. The fourth-order valence-electron chi connectivity index (χ4n) is 2.45. The number of pyridine rings is 1. The van der Waals surface area contributed by atoms with E-state index < -0.39 is 0 Å². The summed E-state index contributed by atoms with van der Waals surface area (Å²) in [4.78, 5) is 31.6. The second kappa shape index (κ2) is 8.82. The van der Waals surface area contributed by atoms with E-state index in [1.54, 1.807) is 43.6 Å². The summed E-state index contributed by atoms with van der Waals surface area (Å²) in [6.45, 7) is 1.99. The maximum absolute atomic E-state index is 12.5. The molecule has 0 spiro atoms. The van der Waals surface area contributed by atoms with Crippen LogP contribution in [-0.4, -0.2) is 48.9 Å². The number of carbonyl (C=O) groups excluding carboxylic acids is 2. The Hall–Kier alpha value is -2.89. The zero-order valence-electron chi connectivity index (χ0n) is 14.8. The van der Waals surface area contributed by atoms with Crippen molar-refractivity contribution in [2.75, 3.05) is 32.1 Å². The van der Waals surface area contributed by atoms with Gasteiger partial charge in [-0.15, -0.1) is 0 Å². The second-order valence-electron chi connectivity index (χ2n) is 5.70. The monoisotopic (exact) mass is 341 g/mol. The molecule has 25 heavy (non-hydrogen) atoms. The molecule has 2 amide bonds. The number of likely N-dealkylation sites (N-methyl/N-ethyl adjacent to an activating group) is 1. The third kappa shape index (κ3) is 5.04. The van der Waals surface area contributed by atoms with Gasteiger partial charge in [-0.2, -0.15) is 0 Å². The quantitative estimate of drug-likeness (QED) is 0.774. The molecule has 0 radical (unpaired) electrons. The van der Waals surface area contributed by atoms with Crippen molar-refractivity contribution < 1.29 is 14.3 Å². The molecule has 0 saturated carbocycles. The number of anilines is 1. The Morgan fingerprint density at radius 3 is 2.44 bits per heavy atom. The highest BCUT2D eigenvalue weighted by atomic mass is 16.5. The molecule has 0 N–H and O–H groups in total. The number of para-hydroxylation sites is 2.